The first-order valence-corrected chi connectivity index (χ1v) is 6.79. The van der Waals surface area contributed by atoms with Crippen molar-refractivity contribution in [3.8, 4) is 5.75 Å². The first-order valence-electron chi connectivity index (χ1n) is 6.79. The SMILES string of the molecule is CCCC(C)OCCCOc1ccc(CN)cc1. The molecule has 0 saturated carbocycles. The van der Waals surface area contributed by atoms with E-state index in [-0.39, 0.29) is 0 Å². The van der Waals surface area contributed by atoms with Gasteiger partial charge < -0.3 is 15.2 Å². The highest BCUT2D eigenvalue weighted by molar-refractivity contribution is 5.26. The maximum atomic E-state index is 5.66. The first kappa shape index (κ1) is 15.0. The summed E-state index contributed by atoms with van der Waals surface area (Å²) < 4.78 is 11.3. The Morgan fingerprint density at radius 3 is 2.50 bits per heavy atom. The number of hydrogen-bond donors (Lipinski definition) is 1. The zero-order chi connectivity index (χ0) is 13.2. The second kappa shape index (κ2) is 8.95. The van der Waals surface area contributed by atoms with Gasteiger partial charge in [-0.3, -0.25) is 0 Å². The molecule has 0 saturated heterocycles. The van der Waals surface area contributed by atoms with Crippen LogP contribution in [0.4, 0.5) is 0 Å². The van der Waals surface area contributed by atoms with Crippen LogP contribution in [0.3, 0.4) is 0 Å². The van der Waals surface area contributed by atoms with Gasteiger partial charge in [0.1, 0.15) is 5.75 Å². The summed E-state index contributed by atoms with van der Waals surface area (Å²) in [4.78, 5) is 0. The molecule has 1 unspecified atom stereocenters. The van der Waals surface area contributed by atoms with E-state index in [1.807, 2.05) is 24.3 Å². The second-order valence-corrected chi connectivity index (χ2v) is 4.52. The van der Waals surface area contributed by atoms with Gasteiger partial charge in [0, 0.05) is 13.0 Å². The molecule has 0 radical (unpaired) electrons. The van der Waals surface area contributed by atoms with Crippen LogP contribution in [-0.4, -0.2) is 19.3 Å². The summed E-state index contributed by atoms with van der Waals surface area (Å²) in [5.74, 6) is 0.897. The average Bonchev–Trinajstić information content (AvgIpc) is 2.39. The van der Waals surface area contributed by atoms with E-state index in [1.54, 1.807) is 0 Å². The van der Waals surface area contributed by atoms with E-state index in [0.29, 0.717) is 19.3 Å². The Morgan fingerprint density at radius 1 is 1.17 bits per heavy atom. The fourth-order valence-electron chi connectivity index (χ4n) is 1.75. The molecule has 1 rings (SSSR count). The molecular formula is C15H25NO2. The van der Waals surface area contributed by atoms with Gasteiger partial charge in [0.2, 0.25) is 0 Å². The molecule has 0 spiro atoms. The molecule has 1 aromatic carbocycles. The Bertz CT molecular complexity index is 311. The van der Waals surface area contributed by atoms with Crippen molar-refractivity contribution in [1.82, 2.24) is 0 Å². The smallest absolute Gasteiger partial charge is 0.119 e. The van der Waals surface area contributed by atoms with Crippen molar-refractivity contribution in [1.29, 1.82) is 0 Å². The van der Waals surface area contributed by atoms with Crippen molar-refractivity contribution in [2.75, 3.05) is 13.2 Å². The van der Waals surface area contributed by atoms with Crippen LogP contribution in [0.1, 0.15) is 38.7 Å². The lowest BCUT2D eigenvalue weighted by molar-refractivity contribution is 0.0519. The van der Waals surface area contributed by atoms with E-state index in [9.17, 15) is 0 Å². The van der Waals surface area contributed by atoms with Gasteiger partial charge in [-0.1, -0.05) is 25.5 Å². The zero-order valence-electron chi connectivity index (χ0n) is 11.5. The Labute approximate surface area is 110 Å². The minimum atomic E-state index is 0.360. The zero-order valence-corrected chi connectivity index (χ0v) is 11.5. The molecule has 0 bridgehead atoms. The minimum absolute atomic E-state index is 0.360. The summed E-state index contributed by atoms with van der Waals surface area (Å²) in [5.41, 5.74) is 6.66. The number of benzene rings is 1. The maximum Gasteiger partial charge on any atom is 0.119 e. The quantitative estimate of drug-likeness (QED) is 0.686. The van der Waals surface area contributed by atoms with Crippen molar-refractivity contribution < 1.29 is 9.47 Å². The molecule has 1 aromatic rings. The Hall–Kier alpha value is -1.06. The lowest BCUT2D eigenvalue weighted by Gasteiger charge is -2.12. The van der Waals surface area contributed by atoms with E-state index < -0.39 is 0 Å². The van der Waals surface area contributed by atoms with Gasteiger partial charge in [0.15, 0.2) is 0 Å². The van der Waals surface area contributed by atoms with E-state index in [4.69, 9.17) is 15.2 Å². The van der Waals surface area contributed by atoms with Crippen LogP contribution in [0.25, 0.3) is 0 Å². The van der Waals surface area contributed by atoms with Crippen LogP contribution < -0.4 is 10.5 Å². The number of ether oxygens (including phenoxy) is 2. The van der Waals surface area contributed by atoms with E-state index in [0.717, 1.165) is 30.8 Å². The molecule has 3 nitrogen and oxygen atoms in total. The molecule has 1 atom stereocenters. The van der Waals surface area contributed by atoms with Gasteiger partial charge in [0.05, 0.1) is 19.3 Å². The Morgan fingerprint density at radius 2 is 1.89 bits per heavy atom. The topological polar surface area (TPSA) is 44.5 Å². The van der Waals surface area contributed by atoms with Crippen molar-refractivity contribution in [2.45, 2.75) is 45.8 Å². The average molecular weight is 251 g/mol. The van der Waals surface area contributed by atoms with E-state index in [1.165, 1.54) is 6.42 Å². The van der Waals surface area contributed by atoms with Crippen LogP contribution >= 0.6 is 0 Å². The Kier molecular flexibility index (Phi) is 7.46. The lowest BCUT2D eigenvalue weighted by atomic mass is 10.2. The van der Waals surface area contributed by atoms with Crippen LogP contribution in [0.15, 0.2) is 24.3 Å². The molecule has 3 heteroatoms. The normalized spacial score (nSPS) is 12.4. The van der Waals surface area contributed by atoms with Gasteiger partial charge in [-0.05, 0) is 31.0 Å². The van der Waals surface area contributed by atoms with Gasteiger partial charge >= 0.3 is 0 Å². The number of nitrogens with two attached hydrogens (primary N) is 1. The molecular weight excluding hydrogens is 226 g/mol. The highest BCUT2D eigenvalue weighted by Crippen LogP contribution is 2.12. The first-order chi connectivity index (χ1) is 8.76. The number of hydrogen-bond acceptors (Lipinski definition) is 3. The maximum absolute atomic E-state index is 5.66. The molecule has 18 heavy (non-hydrogen) atoms. The Balaban J connectivity index is 2.10. The van der Waals surface area contributed by atoms with Gasteiger partial charge in [-0.25, -0.2) is 0 Å². The number of rotatable bonds is 9. The summed E-state index contributed by atoms with van der Waals surface area (Å²) in [7, 11) is 0. The largest absolute Gasteiger partial charge is 0.494 e. The lowest BCUT2D eigenvalue weighted by Crippen LogP contribution is -2.11. The second-order valence-electron chi connectivity index (χ2n) is 4.52. The van der Waals surface area contributed by atoms with Crippen LogP contribution in [0.5, 0.6) is 5.75 Å². The predicted molar refractivity (Wildman–Crippen MR) is 74.8 cm³/mol. The van der Waals surface area contributed by atoms with Crippen molar-refractivity contribution in [2.24, 2.45) is 5.73 Å². The van der Waals surface area contributed by atoms with Crippen LogP contribution in [0.2, 0.25) is 0 Å². The molecule has 0 aliphatic heterocycles. The molecule has 0 aliphatic carbocycles. The van der Waals surface area contributed by atoms with Crippen LogP contribution in [0, 0.1) is 0 Å². The fraction of sp³-hybridized carbons (Fsp3) is 0.600. The molecule has 2 N–H and O–H groups in total. The fourth-order valence-corrected chi connectivity index (χ4v) is 1.75. The monoisotopic (exact) mass is 251 g/mol. The summed E-state index contributed by atoms with van der Waals surface area (Å²) in [6.07, 6.45) is 3.58. The molecule has 0 aromatic heterocycles. The predicted octanol–water partition coefficient (Wildman–Crippen LogP) is 3.12. The summed E-state index contributed by atoms with van der Waals surface area (Å²) >= 11 is 0. The third kappa shape index (κ3) is 6.03. The highest BCUT2D eigenvalue weighted by Gasteiger charge is 2.00. The van der Waals surface area contributed by atoms with Gasteiger partial charge in [-0.15, -0.1) is 0 Å². The van der Waals surface area contributed by atoms with Crippen molar-refractivity contribution in [3.05, 3.63) is 29.8 Å². The van der Waals surface area contributed by atoms with Crippen LogP contribution in [-0.2, 0) is 11.3 Å². The van der Waals surface area contributed by atoms with E-state index >= 15 is 0 Å². The third-order valence-corrected chi connectivity index (χ3v) is 2.81. The molecule has 0 aliphatic rings. The summed E-state index contributed by atoms with van der Waals surface area (Å²) in [5, 5.41) is 0. The van der Waals surface area contributed by atoms with Gasteiger partial charge in [0.25, 0.3) is 0 Å². The van der Waals surface area contributed by atoms with Crippen molar-refractivity contribution >= 4 is 0 Å². The van der Waals surface area contributed by atoms with Gasteiger partial charge in [-0.2, -0.15) is 0 Å². The van der Waals surface area contributed by atoms with Crippen molar-refractivity contribution in [3.63, 3.8) is 0 Å². The highest BCUT2D eigenvalue weighted by atomic mass is 16.5. The molecule has 0 heterocycles. The summed E-state index contributed by atoms with van der Waals surface area (Å²) in [6.45, 7) is 6.33. The minimum Gasteiger partial charge on any atom is -0.494 e. The summed E-state index contributed by atoms with van der Waals surface area (Å²) in [6, 6.07) is 7.91. The standard InChI is InChI=1S/C15H25NO2/c1-3-5-13(2)17-10-4-11-18-15-8-6-14(12-16)7-9-15/h6-9,13H,3-5,10-12,16H2,1-2H3. The molecule has 0 fully saturated rings. The molecule has 0 amide bonds. The third-order valence-electron chi connectivity index (χ3n) is 2.81. The molecule has 102 valence electrons. The van der Waals surface area contributed by atoms with E-state index in [2.05, 4.69) is 13.8 Å².